The lowest BCUT2D eigenvalue weighted by atomic mass is 10.3. The van der Waals surface area contributed by atoms with Gasteiger partial charge in [-0.15, -0.1) is 0 Å². The standard InChI is InChI=1S/C11H16N4O4S/c1-2-7-6-9(7)14-20(18,19)10-5-3-4-8(13-12)11(10)15(16)17/h3-5,7,9,13-14H,2,6,12H2,1H3. The van der Waals surface area contributed by atoms with E-state index < -0.39 is 20.6 Å². The number of nitrogens with two attached hydrogens (primary N) is 1. The topological polar surface area (TPSA) is 127 Å². The highest BCUT2D eigenvalue weighted by atomic mass is 32.2. The van der Waals surface area contributed by atoms with Crippen LogP contribution in [0.15, 0.2) is 23.1 Å². The van der Waals surface area contributed by atoms with Crippen LogP contribution in [0, 0.1) is 16.0 Å². The molecular weight excluding hydrogens is 284 g/mol. The van der Waals surface area contributed by atoms with Crippen LogP contribution in [0.2, 0.25) is 0 Å². The van der Waals surface area contributed by atoms with Gasteiger partial charge in [0.15, 0.2) is 4.90 Å². The number of hydrogen-bond donors (Lipinski definition) is 3. The monoisotopic (exact) mass is 300 g/mol. The van der Waals surface area contributed by atoms with Gasteiger partial charge < -0.3 is 5.43 Å². The van der Waals surface area contributed by atoms with Crippen LogP contribution in [0.4, 0.5) is 11.4 Å². The molecule has 0 bridgehead atoms. The molecule has 9 heteroatoms. The van der Waals surface area contributed by atoms with Crippen molar-refractivity contribution in [3.8, 4) is 0 Å². The van der Waals surface area contributed by atoms with Gasteiger partial charge in [-0.2, -0.15) is 0 Å². The third-order valence-corrected chi connectivity index (χ3v) is 4.90. The summed E-state index contributed by atoms with van der Waals surface area (Å²) in [5.41, 5.74) is 1.56. The molecule has 1 aliphatic carbocycles. The first-order chi connectivity index (χ1) is 9.40. The number of para-hydroxylation sites is 1. The van der Waals surface area contributed by atoms with E-state index in [1.807, 2.05) is 6.92 Å². The van der Waals surface area contributed by atoms with E-state index in [9.17, 15) is 18.5 Å². The van der Waals surface area contributed by atoms with E-state index >= 15 is 0 Å². The summed E-state index contributed by atoms with van der Waals surface area (Å²) < 4.78 is 27.0. The predicted molar refractivity (Wildman–Crippen MR) is 73.4 cm³/mol. The number of rotatable bonds is 6. The minimum absolute atomic E-state index is 0.0410. The molecule has 110 valence electrons. The zero-order valence-electron chi connectivity index (χ0n) is 10.9. The maximum Gasteiger partial charge on any atom is 0.313 e. The second-order valence-electron chi connectivity index (χ2n) is 4.69. The van der Waals surface area contributed by atoms with Crippen LogP contribution in [0.1, 0.15) is 19.8 Å². The van der Waals surface area contributed by atoms with Gasteiger partial charge in [0.05, 0.1) is 4.92 Å². The van der Waals surface area contributed by atoms with Crippen LogP contribution in [-0.2, 0) is 10.0 Å². The SMILES string of the molecule is CCC1CC1NS(=O)(=O)c1cccc(NN)c1[N+](=O)[O-]. The molecule has 0 radical (unpaired) electrons. The Balaban J connectivity index is 2.39. The smallest absolute Gasteiger partial charge is 0.313 e. The third kappa shape index (κ3) is 2.74. The van der Waals surface area contributed by atoms with E-state index in [4.69, 9.17) is 5.84 Å². The molecule has 0 aliphatic heterocycles. The Bertz CT molecular complexity index is 631. The molecule has 0 aromatic heterocycles. The van der Waals surface area contributed by atoms with Crippen molar-refractivity contribution < 1.29 is 13.3 Å². The Morgan fingerprint density at radius 3 is 2.70 bits per heavy atom. The number of nitrogen functional groups attached to an aromatic ring is 1. The average molecular weight is 300 g/mol. The Labute approximate surface area is 116 Å². The molecule has 2 unspecified atom stereocenters. The molecular formula is C11H16N4O4S. The highest BCUT2D eigenvalue weighted by Crippen LogP contribution is 2.36. The van der Waals surface area contributed by atoms with E-state index in [1.165, 1.54) is 18.2 Å². The van der Waals surface area contributed by atoms with Gasteiger partial charge in [-0.25, -0.2) is 13.1 Å². The normalized spacial score (nSPS) is 21.5. The summed E-state index contributed by atoms with van der Waals surface area (Å²) in [5.74, 6) is 5.49. The highest BCUT2D eigenvalue weighted by Gasteiger charge is 2.40. The number of sulfonamides is 1. The molecule has 0 amide bonds. The Hall–Kier alpha value is -1.71. The van der Waals surface area contributed by atoms with Crippen molar-refractivity contribution in [1.82, 2.24) is 4.72 Å². The molecule has 20 heavy (non-hydrogen) atoms. The summed E-state index contributed by atoms with van der Waals surface area (Å²) in [4.78, 5) is 9.96. The van der Waals surface area contributed by atoms with Gasteiger partial charge in [0.2, 0.25) is 10.0 Å². The van der Waals surface area contributed by atoms with Gasteiger partial charge >= 0.3 is 5.69 Å². The summed E-state index contributed by atoms with van der Waals surface area (Å²) in [6, 6.07) is 3.81. The number of nitro benzene ring substituents is 1. The molecule has 2 atom stereocenters. The summed E-state index contributed by atoms with van der Waals surface area (Å²) in [6.45, 7) is 1.97. The lowest BCUT2D eigenvalue weighted by molar-refractivity contribution is -0.386. The lowest BCUT2D eigenvalue weighted by Crippen LogP contribution is -2.28. The maximum atomic E-state index is 12.3. The molecule has 0 heterocycles. The summed E-state index contributed by atoms with van der Waals surface area (Å²) in [5, 5.41) is 11.1. The first-order valence-electron chi connectivity index (χ1n) is 6.17. The molecule has 2 rings (SSSR count). The Kier molecular flexibility index (Phi) is 3.93. The van der Waals surface area contributed by atoms with Gasteiger partial charge in [-0.05, 0) is 24.5 Å². The van der Waals surface area contributed by atoms with Crippen LogP contribution in [-0.4, -0.2) is 19.4 Å². The van der Waals surface area contributed by atoms with Gasteiger partial charge in [0, 0.05) is 6.04 Å². The molecule has 4 N–H and O–H groups in total. The van der Waals surface area contributed by atoms with Gasteiger partial charge in [-0.1, -0.05) is 19.4 Å². The number of anilines is 1. The van der Waals surface area contributed by atoms with Gasteiger partial charge in [0.1, 0.15) is 5.69 Å². The minimum atomic E-state index is -3.94. The average Bonchev–Trinajstić information content (AvgIpc) is 3.15. The van der Waals surface area contributed by atoms with Crippen LogP contribution < -0.4 is 16.0 Å². The molecule has 8 nitrogen and oxygen atoms in total. The Morgan fingerprint density at radius 2 is 2.20 bits per heavy atom. The fourth-order valence-electron chi connectivity index (χ4n) is 2.15. The predicted octanol–water partition coefficient (Wildman–Crippen LogP) is 0.957. The largest absolute Gasteiger partial charge is 0.318 e. The molecule has 1 aromatic rings. The maximum absolute atomic E-state index is 12.3. The number of benzene rings is 1. The number of nitro groups is 1. The fourth-order valence-corrected chi connectivity index (χ4v) is 3.66. The van der Waals surface area contributed by atoms with E-state index in [2.05, 4.69) is 10.1 Å². The minimum Gasteiger partial charge on any atom is -0.318 e. The molecule has 0 spiro atoms. The zero-order chi connectivity index (χ0) is 14.9. The zero-order valence-corrected chi connectivity index (χ0v) is 11.7. The number of nitrogens with one attached hydrogen (secondary N) is 2. The van der Waals surface area contributed by atoms with E-state index in [-0.39, 0.29) is 16.6 Å². The van der Waals surface area contributed by atoms with Crippen molar-refractivity contribution in [2.45, 2.75) is 30.7 Å². The van der Waals surface area contributed by atoms with Crippen molar-refractivity contribution in [2.24, 2.45) is 11.8 Å². The summed E-state index contributed by atoms with van der Waals surface area (Å²) in [7, 11) is -3.94. The third-order valence-electron chi connectivity index (χ3n) is 3.38. The van der Waals surface area contributed by atoms with Crippen molar-refractivity contribution in [3.05, 3.63) is 28.3 Å². The summed E-state index contributed by atoms with van der Waals surface area (Å²) >= 11 is 0. The number of nitrogens with zero attached hydrogens (tertiary/aromatic N) is 1. The first-order valence-corrected chi connectivity index (χ1v) is 7.65. The fraction of sp³-hybridized carbons (Fsp3) is 0.455. The van der Waals surface area contributed by atoms with Crippen LogP contribution in [0.3, 0.4) is 0 Å². The molecule has 1 aliphatic rings. The van der Waals surface area contributed by atoms with E-state index in [0.29, 0.717) is 5.92 Å². The number of hydrogen-bond acceptors (Lipinski definition) is 6. The van der Waals surface area contributed by atoms with Crippen LogP contribution in [0.5, 0.6) is 0 Å². The van der Waals surface area contributed by atoms with E-state index in [0.717, 1.165) is 12.8 Å². The molecule has 1 saturated carbocycles. The quantitative estimate of drug-likeness (QED) is 0.408. The Morgan fingerprint density at radius 1 is 1.50 bits per heavy atom. The molecule has 0 saturated heterocycles. The number of hydrazine groups is 1. The second kappa shape index (κ2) is 5.35. The molecule has 1 fully saturated rings. The van der Waals surface area contributed by atoms with Crippen molar-refractivity contribution in [3.63, 3.8) is 0 Å². The van der Waals surface area contributed by atoms with Gasteiger partial charge in [-0.3, -0.25) is 16.0 Å². The van der Waals surface area contributed by atoms with Crippen LogP contribution >= 0.6 is 0 Å². The summed E-state index contributed by atoms with van der Waals surface area (Å²) in [6.07, 6.45) is 1.64. The van der Waals surface area contributed by atoms with Crippen molar-refractivity contribution >= 4 is 21.4 Å². The highest BCUT2D eigenvalue weighted by molar-refractivity contribution is 7.89. The first kappa shape index (κ1) is 14.7. The van der Waals surface area contributed by atoms with Crippen LogP contribution in [0.25, 0.3) is 0 Å². The van der Waals surface area contributed by atoms with E-state index in [1.54, 1.807) is 0 Å². The molecule has 1 aromatic carbocycles. The second-order valence-corrected chi connectivity index (χ2v) is 6.37. The van der Waals surface area contributed by atoms with Crippen molar-refractivity contribution in [1.29, 1.82) is 0 Å². The van der Waals surface area contributed by atoms with Crippen molar-refractivity contribution in [2.75, 3.05) is 5.43 Å². The van der Waals surface area contributed by atoms with Gasteiger partial charge in [0.25, 0.3) is 0 Å². The lowest BCUT2D eigenvalue weighted by Gasteiger charge is -2.09.